The lowest BCUT2D eigenvalue weighted by Crippen LogP contribution is -2.40. The van der Waals surface area contributed by atoms with Crippen LogP contribution in [-0.4, -0.2) is 38.7 Å². The second-order valence-electron chi connectivity index (χ2n) is 5.70. The monoisotopic (exact) mass is 336 g/mol. The van der Waals surface area contributed by atoms with Gasteiger partial charge in [0.05, 0.1) is 12.1 Å². The van der Waals surface area contributed by atoms with Crippen LogP contribution in [0.15, 0.2) is 30.6 Å². The molecule has 0 spiro atoms. The van der Waals surface area contributed by atoms with Gasteiger partial charge in [0.1, 0.15) is 6.33 Å². The first kappa shape index (κ1) is 17.4. The first-order valence-electron chi connectivity index (χ1n) is 7.58. The zero-order chi connectivity index (χ0) is 15.4. The van der Waals surface area contributed by atoms with Crippen molar-refractivity contribution < 1.29 is 4.79 Å². The van der Waals surface area contributed by atoms with Crippen molar-refractivity contribution >= 4 is 18.3 Å². The number of benzene rings is 1. The van der Waals surface area contributed by atoms with Crippen molar-refractivity contribution in [3.63, 3.8) is 0 Å². The van der Waals surface area contributed by atoms with E-state index in [1.807, 2.05) is 24.3 Å². The van der Waals surface area contributed by atoms with Crippen molar-refractivity contribution in [2.24, 2.45) is 11.7 Å². The molecule has 0 radical (unpaired) electrons. The lowest BCUT2D eigenvalue weighted by atomic mass is 10.0. The maximum atomic E-state index is 12.2. The Hall–Kier alpha value is -1.99. The molecule has 3 N–H and O–H groups in total. The molecule has 124 valence electrons. The van der Waals surface area contributed by atoms with Crippen molar-refractivity contribution in [1.82, 2.24) is 25.5 Å². The Morgan fingerprint density at radius 1 is 1.30 bits per heavy atom. The molecule has 0 aliphatic heterocycles. The summed E-state index contributed by atoms with van der Waals surface area (Å²) in [6, 6.07) is 7.88. The molecule has 7 nitrogen and oxygen atoms in total. The number of nitrogens with one attached hydrogen (secondary N) is 1. The highest BCUT2D eigenvalue weighted by Gasteiger charge is 2.27. The highest BCUT2D eigenvalue weighted by atomic mass is 35.5. The van der Waals surface area contributed by atoms with Gasteiger partial charge in [0.2, 0.25) is 5.91 Å². The third kappa shape index (κ3) is 4.27. The number of nitrogens with zero attached hydrogens (tertiary/aromatic N) is 4. The van der Waals surface area contributed by atoms with E-state index in [-0.39, 0.29) is 24.4 Å². The van der Waals surface area contributed by atoms with E-state index >= 15 is 0 Å². The molecule has 3 rings (SSSR count). The minimum Gasteiger partial charge on any atom is -0.353 e. The van der Waals surface area contributed by atoms with Gasteiger partial charge >= 0.3 is 0 Å². The second kappa shape index (κ2) is 8.03. The third-order valence-corrected chi connectivity index (χ3v) is 4.22. The Kier molecular flexibility index (Phi) is 6.06. The van der Waals surface area contributed by atoms with E-state index in [4.69, 9.17) is 5.73 Å². The predicted octanol–water partition coefficient (Wildman–Crippen LogP) is 0.870. The number of amides is 1. The van der Waals surface area contributed by atoms with Gasteiger partial charge in [-0.05, 0) is 53.4 Å². The van der Waals surface area contributed by atoms with Crippen LogP contribution in [0.5, 0.6) is 0 Å². The lowest BCUT2D eigenvalue weighted by Gasteiger charge is -2.19. The van der Waals surface area contributed by atoms with Crippen LogP contribution in [0.2, 0.25) is 0 Å². The number of halogens is 1. The fourth-order valence-electron chi connectivity index (χ4n) is 3.00. The largest absolute Gasteiger partial charge is 0.353 e. The minimum atomic E-state index is 0. The Morgan fingerprint density at radius 3 is 2.74 bits per heavy atom. The maximum Gasteiger partial charge on any atom is 0.224 e. The third-order valence-electron chi connectivity index (χ3n) is 4.22. The molecule has 1 aliphatic carbocycles. The number of nitrogens with two attached hydrogens (primary N) is 1. The van der Waals surface area contributed by atoms with Crippen molar-refractivity contribution in [3.8, 4) is 5.69 Å². The van der Waals surface area contributed by atoms with Gasteiger partial charge in [-0.2, -0.15) is 0 Å². The Bertz CT molecular complexity index is 615. The second-order valence-corrected chi connectivity index (χ2v) is 5.70. The van der Waals surface area contributed by atoms with E-state index in [0.717, 1.165) is 30.5 Å². The van der Waals surface area contributed by atoms with Crippen LogP contribution < -0.4 is 11.1 Å². The number of tetrazole rings is 1. The molecule has 8 heteroatoms. The Balaban J connectivity index is 0.00000192. The lowest BCUT2D eigenvalue weighted by molar-refractivity contribution is -0.121. The summed E-state index contributed by atoms with van der Waals surface area (Å²) >= 11 is 0. The van der Waals surface area contributed by atoms with E-state index in [1.54, 1.807) is 4.68 Å². The van der Waals surface area contributed by atoms with Crippen LogP contribution in [0.25, 0.3) is 5.69 Å². The molecule has 1 aliphatic rings. The van der Waals surface area contributed by atoms with Crippen LogP contribution in [0, 0.1) is 5.92 Å². The molecule has 2 atom stereocenters. The minimum absolute atomic E-state index is 0. The molecule has 1 saturated carbocycles. The highest BCUT2D eigenvalue weighted by Crippen LogP contribution is 2.24. The molecular formula is C15H21ClN6O. The van der Waals surface area contributed by atoms with Gasteiger partial charge < -0.3 is 11.1 Å². The average molecular weight is 337 g/mol. The van der Waals surface area contributed by atoms with Gasteiger partial charge in [-0.1, -0.05) is 18.6 Å². The SMILES string of the molecule is Cl.NCC1CCCC1NC(=O)Cc1ccc(-n2cnnn2)cc1. The van der Waals surface area contributed by atoms with Crippen molar-refractivity contribution in [2.75, 3.05) is 6.54 Å². The molecule has 1 fully saturated rings. The summed E-state index contributed by atoms with van der Waals surface area (Å²) in [5.74, 6) is 0.478. The zero-order valence-corrected chi connectivity index (χ0v) is 13.6. The molecule has 2 aromatic rings. The number of rotatable bonds is 5. The van der Waals surface area contributed by atoms with Crippen LogP contribution in [0.4, 0.5) is 0 Å². The van der Waals surface area contributed by atoms with Gasteiger partial charge in [0, 0.05) is 6.04 Å². The first-order chi connectivity index (χ1) is 10.8. The summed E-state index contributed by atoms with van der Waals surface area (Å²) in [6.07, 6.45) is 5.21. The summed E-state index contributed by atoms with van der Waals surface area (Å²) in [6.45, 7) is 0.644. The van der Waals surface area contributed by atoms with Gasteiger partial charge in [0.15, 0.2) is 0 Å². The van der Waals surface area contributed by atoms with Gasteiger partial charge in [-0.15, -0.1) is 17.5 Å². The molecule has 1 amide bonds. The van der Waals surface area contributed by atoms with Gasteiger partial charge in [0.25, 0.3) is 0 Å². The van der Waals surface area contributed by atoms with E-state index in [0.29, 0.717) is 18.9 Å². The van der Waals surface area contributed by atoms with Crippen LogP contribution >= 0.6 is 12.4 Å². The number of hydrogen-bond acceptors (Lipinski definition) is 5. The summed E-state index contributed by atoms with van der Waals surface area (Å²) in [5, 5.41) is 14.1. The quantitative estimate of drug-likeness (QED) is 0.844. The summed E-state index contributed by atoms with van der Waals surface area (Å²) in [7, 11) is 0. The smallest absolute Gasteiger partial charge is 0.224 e. The molecule has 23 heavy (non-hydrogen) atoms. The number of hydrogen-bond donors (Lipinski definition) is 2. The van der Waals surface area contributed by atoms with Crippen molar-refractivity contribution in [3.05, 3.63) is 36.2 Å². The fourth-order valence-corrected chi connectivity index (χ4v) is 3.00. The van der Waals surface area contributed by atoms with E-state index in [2.05, 4.69) is 20.8 Å². The average Bonchev–Trinajstić information content (AvgIpc) is 3.19. The van der Waals surface area contributed by atoms with E-state index in [1.165, 1.54) is 6.33 Å². The van der Waals surface area contributed by atoms with Gasteiger partial charge in [-0.25, -0.2) is 4.68 Å². The zero-order valence-electron chi connectivity index (χ0n) is 12.8. The molecule has 1 aromatic carbocycles. The molecule has 0 saturated heterocycles. The van der Waals surface area contributed by atoms with Crippen LogP contribution in [0.1, 0.15) is 24.8 Å². The van der Waals surface area contributed by atoms with Crippen LogP contribution in [-0.2, 0) is 11.2 Å². The summed E-state index contributed by atoms with van der Waals surface area (Å²) in [5.41, 5.74) is 7.58. The predicted molar refractivity (Wildman–Crippen MR) is 88.4 cm³/mol. The van der Waals surface area contributed by atoms with Gasteiger partial charge in [-0.3, -0.25) is 4.79 Å². The Morgan fingerprint density at radius 2 is 2.09 bits per heavy atom. The van der Waals surface area contributed by atoms with Crippen LogP contribution in [0.3, 0.4) is 0 Å². The number of carbonyl (C=O) groups excluding carboxylic acids is 1. The molecule has 1 aromatic heterocycles. The molecule has 1 heterocycles. The van der Waals surface area contributed by atoms with Crippen molar-refractivity contribution in [2.45, 2.75) is 31.7 Å². The Labute approximate surface area is 141 Å². The van der Waals surface area contributed by atoms with E-state index in [9.17, 15) is 4.79 Å². The number of aromatic nitrogens is 4. The maximum absolute atomic E-state index is 12.2. The topological polar surface area (TPSA) is 98.7 Å². The van der Waals surface area contributed by atoms with Crippen molar-refractivity contribution in [1.29, 1.82) is 0 Å². The summed E-state index contributed by atoms with van der Waals surface area (Å²) in [4.78, 5) is 12.2. The normalized spacial score (nSPS) is 20.0. The molecule has 0 bridgehead atoms. The summed E-state index contributed by atoms with van der Waals surface area (Å²) < 4.78 is 1.58. The molecule has 2 unspecified atom stereocenters. The van der Waals surface area contributed by atoms with E-state index < -0.39 is 0 Å². The standard InChI is InChI=1S/C15H20N6O.ClH/c16-9-12-2-1-3-14(12)18-15(22)8-11-4-6-13(7-5-11)21-10-17-19-20-21;/h4-7,10,12,14H,1-3,8-9,16H2,(H,18,22);1H. The highest BCUT2D eigenvalue weighted by molar-refractivity contribution is 5.85. The number of carbonyl (C=O) groups is 1. The fraction of sp³-hybridized carbons (Fsp3) is 0.467. The first-order valence-corrected chi connectivity index (χ1v) is 7.58. The molecular weight excluding hydrogens is 316 g/mol.